The number of ether oxygens (including phenoxy) is 1. The SMILES string of the molecule is C=C(C)[C@@H]1CC[C@]2(C(=O)N3CC[C@@H](O)C3)CC[C@]3(C)[C@H](CC[C@@H]4[C@@]5(C)CC[C@H](OC(=O)CC(C)(C)CC(=O)O)C(C)(C)[C@@H]5CC[C@]43C)[C@@H]12. The maximum atomic E-state index is 14.5. The van der Waals surface area contributed by atoms with Gasteiger partial charge in [0.05, 0.1) is 24.4 Å². The van der Waals surface area contributed by atoms with Gasteiger partial charge in [0.1, 0.15) is 6.10 Å². The van der Waals surface area contributed by atoms with E-state index in [9.17, 15) is 24.6 Å². The average molecular weight is 668 g/mol. The summed E-state index contributed by atoms with van der Waals surface area (Å²) >= 11 is 0. The molecule has 1 amide bonds. The van der Waals surface area contributed by atoms with Crippen molar-refractivity contribution < 1.29 is 29.3 Å². The third-order valence-corrected chi connectivity index (χ3v) is 16.4. The van der Waals surface area contributed by atoms with Crippen LogP contribution in [-0.4, -0.2) is 58.3 Å². The molecule has 6 aliphatic rings. The molecule has 0 bridgehead atoms. The molecule has 5 saturated carbocycles. The lowest BCUT2D eigenvalue weighted by Crippen LogP contribution is -2.67. The number of aliphatic hydroxyl groups is 1. The third-order valence-electron chi connectivity index (χ3n) is 16.4. The maximum Gasteiger partial charge on any atom is 0.306 e. The molecule has 0 aromatic rings. The van der Waals surface area contributed by atoms with Crippen molar-refractivity contribution in [2.75, 3.05) is 13.1 Å². The van der Waals surface area contributed by atoms with Gasteiger partial charge in [0.25, 0.3) is 0 Å². The third kappa shape index (κ3) is 5.32. The Hall–Kier alpha value is -1.89. The first kappa shape index (κ1) is 35.9. The highest BCUT2D eigenvalue weighted by Crippen LogP contribution is 2.77. The van der Waals surface area contributed by atoms with Crippen LogP contribution in [0.3, 0.4) is 0 Å². The van der Waals surface area contributed by atoms with E-state index in [1.165, 1.54) is 12.0 Å². The summed E-state index contributed by atoms with van der Waals surface area (Å²) in [4.78, 5) is 41.1. The highest BCUT2D eigenvalue weighted by atomic mass is 16.5. The number of allylic oxidation sites excluding steroid dienone is 1. The molecule has 0 unspecified atom stereocenters. The number of likely N-dealkylation sites (tertiary alicyclic amines) is 1. The van der Waals surface area contributed by atoms with Crippen LogP contribution in [0, 0.1) is 62.1 Å². The van der Waals surface area contributed by atoms with Crippen molar-refractivity contribution >= 4 is 17.8 Å². The zero-order valence-corrected chi connectivity index (χ0v) is 31.3. The van der Waals surface area contributed by atoms with Crippen LogP contribution >= 0.6 is 0 Å². The molecule has 5 aliphatic carbocycles. The Morgan fingerprint density at radius 3 is 2.19 bits per heavy atom. The molecule has 0 aromatic carbocycles. The molecule has 7 nitrogen and oxygen atoms in total. The number of carboxylic acids is 1. The van der Waals surface area contributed by atoms with E-state index in [1.807, 2.05) is 18.7 Å². The van der Waals surface area contributed by atoms with E-state index in [1.54, 1.807) is 0 Å². The largest absolute Gasteiger partial charge is 0.481 e. The molecule has 0 spiro atoms. The number of rotatable bonds is 7. The number of aliphatic carboxylic acids is 1. The summed E-state index contributed by atoms with van der Waals surface area (Å²) < 4.78 is 6.26. The van der Waals surface area contributed by atoms with E-state index in [0.717, 1.165) is 57.8 Å². The predicted molar refractivity (Wildman–Crippen MR) is 187 cm³/mol. The lowest BCUT2D eigenvalue weighted by atomic mass is 9.32. The highest BCUT2D eigenvalue weighted by Gasteiger charge is 2.72. The molecule has 6 fully saturated rings. The van der Waals surface area contributed by atoms with Gasteiger partial charge in [0.15, 0.2) is 0 Å². The smallest absolute Gasteiger partial charge is 0.306 e. The average Bonchev–Trinajstić information content (AvgIpc) is 3.58. The van der Waals surface area contributed by atoms with Gasteiger partial charge < -0.3 is 19.8 Å². The van der Waals surface area contributed by atoms with Crippen molar-refractivity contribution in [3.63, 3.8) is 0 Å². The molecular weight excluding hydrogens is 602 g/mol. The number of β-amino-alcohol motifs (C(OH)–C–C–N with tert-alkyl or cyclic N) is 1. The van der Waals surface area contributed by atoms with Crippen LogP contribution in [-0.2, 0) is 19.1 Å². The monoisotopic (exact) mass is 667 g/mol. The van der Waals surface area contributed by atoms with Crippen LogP contribution in [0.15, 0.2) is 12.2 Å². The summed E-state index contributed by atoms with van der Waals surface area (Å²) in [5.74, 6) is 1.33. The second-order valence-electron chi connectivity index (χ2n) is 19.8. The van der Waals surface area contributed by atoms with E-state index in [2.05, 4.69) is 48.1 Å². The second kappa shape index (κ2) is 11.8. The van der Waals surface area contributed by atoms with E-state index >= 15 is 0 Å². The molecule has 0 radical (unpaired) electrons. The molecule has 1 aliphatic heterocycles. The van der Waals surface area contributed by atoms with Gasteiger partial charge in [0.2, 0.25) is 5.91 Å². The van der Waals surface area contributed by atoms with E-state index in [0.29, 0.717) is 55.0 Å². The highest BCUT2D eigenvalue weighted by molar-refractivity contribution is 5.84. The first-order valence-electron chi connectivity index (χ1n) is 19.3. The molecule has 1 saturated heterocycles. The van der Waals surface area contributed by atoms with Gasteiger partial charge in [-0.25, -0.2) is 0 Å². The summed E-state index contributed by atoms with van der Waals surface area (Å²) in [6, 6.07) is 0. The molecule has 48 heavy (non-hydrogen) atoms. The van der Waals surface area contributed by atoms with Crippen LogP contribution in [0.1, 0.15) is 139 Å². The topological polar surface area (TPSA) is 104 Å². The number of carbonyl (C=O) groups excluding carboxylic acids is 2. The molecule has 2 N–H and O–H groups in total. The summed E-state index contributed by atoms with van der Waals surface area (Å²) in [5.41, 5.74) is 0.512. The van der Waals surface area contributed by atoms with Crippen LogP contribution < -0.4 is 0 Å². The van der Waals surface area contributed by atoms with Gasteiger partial charge in [-0.05, 0) is 129 Å². The Bertz CT molecular complexity index is 1340. The van der Waals surface area contributed by atoms with Gasteiger partial charge in [-0.2, -0.15) is 0 Å². The summed E-state index contributed by atoms with van der Waals surface area (Å²) in [7, 11) is 0. The molecule has 11 atom stereocenters. The minimum atomic E-state index is -0.889. The quantitative estimate of drug-likeness (QED) is 0.210. The summed E-state index contributed by atoms with van der Waals surface area (Å²) in [5, 5.41) is 19.7. The van der Waals surface area contributed by atoms with Gasteiger partial charge in [0, 0.05) is 18.5 Å². The molecule has 6 rings (SSSR count). The van der Waals surface area contributed by atoms with Crippen LogP contribution in [0.4, 0.5) is 0 Å². The Balaban J connectivity index is 1.26. The van der Waals surface area contributed by atoms with Gasteiger partial charge in [-0.3, -0.25) is 14.4 Å². The van der Waals surface area contributed by atoms with E-state index in [-0.39, 0.29) is 52.0 Å². The standard InChI is InChI=1S/C41H65NO6/c1-25(2)27-12-18-41(35(47)42-21-15-26(43)24-42)20-19-39(8)28(34(27)41)10-11-30-38(7)16-14-31(37(5,6)29(38)13-17-40(30,39)9)48-33(46)23-36(3,4)22-32(44)45/h26-31,34,43H,1,10-24H2,2-9H3,(H,44,45)/t26-,27+,28-,29+,30-,31+,34-,38+,39-,40-,41+/m1/s1. The minimum Gasteiger partial charge on any atom is -0.481 e. The van der Waals surface area contributed by atoms with Crippen molar-refractivity contribution in [2.24, 2.45) is 62.1 Å². The molecule has 0 aromatic heterocycles. The summed E-state index contributed by atoms with van der Waals surface area (Å²) in [6.07, 6.45) is 10.7. The van der Waals surface area contributed by atoms with Crippen molar-refractivity contribution in [1.82, 2.24) is 4.90 Å². The second-order valence-corrected chi connectivity index (χ2v) is 19.8. The zero-order chi connectivity index (χ0) is 35.2. The number of hydrogen-bond donors (Lipinski definition) is 2. The number of nitrogens with zero attached hydrogens (tertiary/aromatic N) is 1. The fraction of sp³-hybridized carbons (Fsp3) is 0.878. The van der Waals surface area contributed by atoms with Crippen molar-refractivity contribution in [3.8, 4) is 0 Å². The first-order valence-corrected chi connectivity index (χ1v) is 19.3. The van der Waals surface area contributed by atoms with E-state index in [4.69, 9.17) is 4.74 Å². The Morgan fingerprint density at radius 1 is 0.854 bits per heavy atom. The minimum absolute atomic E-state index is 0.0541. The van der Waals surface area contributed by atoms with Crippen LogP contribution in [0.25, 0.3) is 0 Å². The Labute approximate surface area is 290 Å². The Kier molecular flexibility index (Phi) is 8.86. The number of aliphatic hydroxyl groups excluding tert-OH is 1. The van der Waals surface area contributed by atoms with Crippen molar-refractivity contribution in [2.45, 2.75) is 151 Å². The predicted octanol–water partition coefficient (Wildman–Crippen LogP) is 8.04. The number of carbonyl (C=O) groups is 3. The van der Waals surface area contributed by atoms with Gasteiger partial charge in [-0.15, -0.1) is 0 Å². The zero-order valence-electron chi connectivity index (χ0n) is 31.3. The number of fused-ring (bicyclic) bond motifs is 7. The lowest BCUT2D eigenvalue weighted by Gasteiger charge is -2.73. The van der Waals surface area contributed by atoms with Gasteiger partial charge in [-0.1, -0.05) is 60.6 Å². The molecular formula is C41H65NO6. The van der Waals surface area contributed by atoms with Crippen molar-refractivity contribution in [3.05, 3.63) is 12.2 Å². The number of esters is 1. The summed E-state index contributed by atoms with van der Waals surface area (Å²) in [6.45, 7) is 23.9. The fourth-order valence-electron chi connectivity index (χ4n) is 14.0. The molecule has 1 heterocycles. The van der Waals surface area contributed by atoms with Crippen molar-refractivity contribution in [1.29, 1.82) is 0 Å². The number of amides is 1. The first-order chi connectivity index (χ1) is 22.2. The Morgan fingerprint density at radius 2 is 1.56 bits per heavy atom. The normalized spacial score (nSPS) is 44.9. The van der Waals surface area contributed by atoms with E-state index < -0.39 is 17.5 Å². The number of hydrogen-bond acceptors (Lipinski definition) is 5. The molecule has 270 valence electrons. The molecule has 7 heteroatoms. The van der Waals surface area contributed by atoms with Crippen LogP contribution in [0.5, 0.6) is 0 Å². The lowest BCUT2D eigenvalue weighted by molar-refractivity contribution is -0.250. The van der Waals surface area contributed by atoms with Gasteiger partial charge >= 0.3 is 11.9 Å². The maximum absolute atomic E-state index is 14.5. The number of carboxylic acid groups (broad SMARTS) is 1. The van der Waals surface area contributed by atoms with Crippen LogP contribution in [0.2, 0.25) is 0 Å². The fourth-order valence-corrected chi connectivity index (χ4v) is 14.0.